The van der Waals surface area contributed by atoms with E-state index in [0.717, 1.165) is 16.7 Å². The van der Waals surface area contributed by atoms with Crippen LogP contribution < -0.4 is 26.4 Å². The van der Waals surface area contributed by atoms with Crippen LogP contribution in [0.3, 0.4) is 0 Å². The number of carbonyl (C=O) groups excluding carboxylic acids is 2. The molecule has 39 heavy (non-hydrogen) atoms. The number of nitrogens with one attached hydrogen (secondary N) is 3. The lowest BCUT2D eigenvalue weighted by molar-refractivity contribution is -0.485. The van der Waals surface area contributed by atoms with Crippen molar-refractivity contribution in [3.05, 3.63) is 112 Å². The molecule has 204 valence electrons. The Bertz CT molecular complexity index is 1230. The van der Waals surface area contributed by atoms with E-state index in [1.807, 2.05) is 84.9 Å². The lowest BCUT2D eigenvalue weighted by Gasteiger charge is -2.23. The number of amides is 2. The van der Waals surface area contributed by atoms with Crippen molar-refractivity contribution in [3.8, 4) is 5.75 Å². The maximum absolute atomic E-state index is 13.6. The first-order valence-corrected chi connectivity index (χ1v) is 12.4. The van der Waals surface area contributed by atoms with E-state index < -0.39 is 17.0 Å². The monoisotopic (exact) mass is 532 g/mol. The Balaban J connectivity index is 1.75. The van der Waals surface area contributed by atoms with Crippen LogP contribution in [0.15, 0.2) is 90.0 Å². The largest absolute Gasteiger partial charge is 0.497 e. The van der Waals surface area contributed by atoms with Crippen molar-refractivity contribution in [2.24, 2.45) is 10.8 Å². The highest BCUT2D eigenvalue weighted by Gasteiger charge is 2.27. The summed E-state index contributed by atoms with van der Waals surface area (Å²) >= 11 is 0. The van der Waals surface area contributed by atoms with Gasteiger partial charge in [0, 0.05) is 13.1 Å². The van der Waals surface area contributed by atoms with Crippen LogP contribution in [-0.4, -0.2) is 42.5 Å². The quantitative estimate of drug-likeness (QED) is 0.0864. The van der Waals surface area contributed by atoms with Gasteiger partial charge in [-0.1, -0.05) is 72.8 Å². The van der Waals surface area contributed by atoms with Gasteiger partial charge in [0.2, 0.25) is 11.8 Å². The zero-order valence-corrected chi connectivity index (χ0v) is 21.6. The smallest absolute Gasteiger partial charge is 0.266 e. The molecule has 0 bridgehead atoms. The van der Waals surface area contributed by atoms with Gasteiger partial charge in [-0.15, -0.1) is 0 Å². The van der Waals surface area contributed by atoms with Gasteiger partial charge >= 0.3 is 0 Å². The summed E-state index contributed by atoms with van der Waals surface area (Å²) in [5.74, 6) is -0.979. The summed E-state index contributed by atoms with van der Waals surface area (Å²) in [5, 5.41) is 21.0. The molecule has 11 heteroatoms. The van der Waals surface area contributed by atoms with Gasteiger partial charge in [-0.25, -0.2) is 10.1 Å². The van der Waals surface area contributed by atoms with Gasteiger partial charge in [0.05, 0.1) is 13.0 Å². The van der Waals surface area contributed by atoms with Crippen molar-refractivity contribution >= 4 is 17.8 Å². The molecule has 0 saturated carbocycles. The Morgan fingerprint density at radius 1 is 0.949 bits per heavy atom. The third-order valence-electron chi connectivity index (χ3n) is 5.93. The summed E-state index contributed by atoms with van der Waals surface area (Å²) < 4.78 is 5.24. The molecular formula is C28H32N6O5. The van der Waals surface area contributed by atoms with Crippen LogP contribution in [0.5, 0.6) is 5.75 Å². The first kappa shape index (κ1) is 28.6. The molecule has 0 aliphatic heterocycles. The number of hydrazone groups is 1. The highest BCUT2D eigenvalue weighted by Crippen LogP contribution is 2.25. The molecule has 0 aliphatic rings. The minimum atomic E-state index is -0.898. The third-order valence-corrected chi connectivity index (χ3v) is 5.93. The Labute approximate surface area is 226 Å². The number of hydrogen-bond donors (Lipinski definition) is 4. The molecule has 2 amide bonds. The van der Waals surface area contributed by atoms with E-state index >= 15 is 0 Å². The average molecular weight is 533 g/mol. The molecule has 0 spiro atoms. The van der Waals surface area contributed by atoms with E-state index in [0.29, 0.717) is 12.2 Å². The topological polar surface area (TPSA) is 161 Å². The molecule has 3 rings (SSSR count). The van der Waals surface area contributed by atoms with Crippen LogP contribution in [0, 0.1) is 10.1 Å². The number of carbonyl (C=O) groups is 2. The van der Waals surface area contributed by atoms with Crippen LogP contribution >= 0.6 is 0 Å². The van der Waals surface area contributed by atoms with E-state index in [2.05, 4.69) is 21.1 Å². The predicted molar refractivity (Wildman–Crippen MR) is 147 cm³/mol. The average Bonchev–Trinajstić information content (AvgIpc) is 2.94. The fraction of sp³-hybridized carbons (Fsp3) is 0.250. The molecule has 0 unspecified atom stereocenters. The van der Waals surface area contributed by atoms with E-state index in [9.17, 15) is 19.7 Å². The van der Waals surface area contributed by atoms with E-state index in [4.69, 9.17) is 10.5 Å². The van der Waals surface area contributed by atoms with E-state index in [1.165, 1.54) is 0 Å². The number of nitrogens with two attached hydrogens (primary N) is 1. The van der Waals surface area contributed by atoms with Crippen LogP contribution in [0.25, 0.3) is 0 Å². The second-order valence-corrected chi connectivity index (χ2v) is 8.68. The summed E-state index contributed by atoms with van der Waals surface area (Å²) in [7, 11) is 1.57. The molecule has 11 nitrogen and oxygen atoms in total. The fourth-order valence-electron chi connectivity index (χ4n) is 4.05. The Morgan fingerprint density at radius 2 is 1.59 bits per heavy atom. The van der Waals surface area contributed by atoms with Crippen molar-refractivity contribution in [3.63, 3.8) is 0 Å². The molecule has 0 fully saturated rings. The zero-order chi connectivity index (χ0) is 28.0. The second-order valence-electron chi connectivity index (χ2n) is 8.68. The third kappa shape index (κ3) is 9.15. The van der Waals surface area contributed by atoms with Gasteiger partial charge in [0.1, 0.15) is 16.9 Å². The predicted octanol–water partition coefficient (Wildman–Crippen LogP) is 2.50. The summed E-state index contributed by atoms with van der Waals surface area (Å²) in [6, 6.07) is 25.1. The summed E-state index contributed by atoms with van der Waals surface area (Å²) in [6.07, 6.45) is 0.636. The molecule has 0 radical (unpaired) electrons. The van der Waals surface area contributed by atoms with Crippen molar-refractivity contribution < 1.29 is 19.4 Å². The number of guanidine groups is 1. The van der Waals surface area contributed by atoms with Gasteiger partial charge in [-0.3, -0.25) is 9.59 Å². The van der Waals surface area contributed by atoms with Crippen molar-refractivity contribution in [1.29, 1.82) is 0 Å². The Morgan fingerprint density at radius 3 is 2.18 bits per heavy atom. The second kappa shape index (κ2) is 14.7. The van der Waals surface area contributed by atoms with E-state index in [-0.39, 0.29) is 37.3 Å². The molecule has 0 saturated heterocycles. The zero-order valence-electron chi connectivity index (χ0n) is 21.6. The maximum atomic E-state index is 13.6. The number of nitro groups is 1. The molecule has 0 heterocycles. The van der Waals surface area contributed by atoms with Crippen LogP contribution in [0.4, 0.5) is 0 Å². The standard InChI is InChI=1S/C28H32N6O5/c1-39-23-15-8-10-20(18-23)19-31-26(35)24(16-9-17-30-28(29)33-34(37)38)32-27(36)25(21-11-4-2-5-12-21)22-13-6-3-7-14-22/h2-8,10-15,18,24-25H,9,16-17,19H2,1H3,(H,31,35)(H,32,36)(H3,29,30,33)/t24-/m0/s1. The first-order valence-electron chi connectivity index (χ1n) is 12.4. The summed E-state index contributed by atoms with van der Waals surface area (Å²) in [6.45, 7) is 0.462. The molecular weight excluding hydrogens is 500 g/mol. The maximum Gasteiger partial charge on any atom is 0.266 e. The molecule has 5 N–H and O–H groups in total. The Hall–Kier alpha value is -4.93. The van der Waals surface area contributed by atoms with Gasteiger partial charge in [-0.05, 0) is 41.7 Å². The minimum Gasteiger partial charge on any atom is -0.497 e. The molecule has 3 aromatic carbocycles. The fourth-order valence-corrected chi connectivity index (χ4v) is 4.05. The van der Waals surface area contributed by atoms with Crippen molar-refractivity contribution in [2.45, 2.75) is 31.3 Å². The normalized spacial score (nSPS) is 11.9. The summed E-state index contributed by atoms with van der Waals surface area (Å²) in [5.41, 5.74) is 7.90. The first-order chi connectivity index (χ1) is 18.9. The van der Waals surface area contributed by atoms with Crippen molar-refractivity contribution in [1.82, 2.24) is 16.0 Å². The van der Waals surface area contributed by atoms with Gasteiger partial charge in [0.15, 0.2) is 5.03 Å². The lowest BCUT2D eigenvalue weighted by atomic mass is 9.90. The number of ether oxygens (including phenoxy) is 1. The van der Waals surface area contributed by atoms with Gasteiger partial charge < -0.3 is 26.4 Å². The number of rotatable bonds is 13. The molecule has 0 aliphatic carbocycles. The van der Waals surface area contributed by atoms with Crippen LogP contribution in [0.1, 0.15) is 35.4 Å². The molecule has 0 aromatic heterocycles. The number of methoxy groups -OCH3 is 1. The molecule has 1 atom stereocenters. The van der Waals surface area contributed by atoms with Crippen molar-refractivity contribution in [2.75, 3.05) is 13.7 Å². The lowest BCUT2D eigenvalue weighted by Crippen LogP contribution is -2.48. The number of hydrogen-bond acceptors (Lipinski definition) is 5. The Kier molecular flexibility index (Phi) is 10.8. The number of nitrogens with zero attached hydrogens (tertiary/aromatic N) is 2. The number of benzene rings is 3. The minimum absolute atomic E-state index is 0.222. The summed E-state index contributed by atoms with van der Waals surface area (Å²) in [4.78, 5) is 37.4. The van der Waals surface area contributed by atoms with Gasteiger partial charge in [-0.2, -0.15) is 0 Å². The highest BCUT2D eigenvalue weighted by molar-refractivity contribution is 5.92. The SMILES string of the molecule is COc1cccc(CNC(=O)[C@H](CCCNC(N)=N[N+](=O)[O-])NC(=O)C(c2ccccc2)c2ccccc2)c1. The van der Waals surface area contributed by atoms with Crippen LogP contribution in [0.2, 0.25) is 0 Å². The van der Waals surface area contributed by atoms with E-state index in [1.54, 1.807) is 7.11 Å². The molecule has 3 aromatic rings. The highest BCUT2D eigenvalue weighted by atomic mass is 16.7. The van der Waals surface area contributed by atoms with Gasteiger partial charge in [0.25, 0.3) is 5.96 Å². The van der Waals surface area contributed by atoms with Crippen LogP contribution in [-0.2, 0) is 16.1 Å².